The lowest BCUT2D eigenvalue weighted by molar-refractivity contribution is -0.384. The molecule has 2 atom stereocenters. The van der Waals surface area contributed by atoms with E-state index in [1.54, 1.807) is 30.5 Å². The largest absolute Gasteiger partial charge is 0.497 e. The van der Waals surface area contributed by atoms with Crippen LogP contribution < -0.4 is 13.8 Å². The number of carboxylic acid groups (broad SMARTS) is 1. The second kappa shape index (κ2) is 19.2. The number of hydrogen-bond donors (Lipinski definition) is 1. The van der Waals surface area contributed by atoms with Crippen molar-refractivity contribution in [2.75, 3.05) is 37.7 Å². The molecule has 17 heteroatoms. The lowest BCUT2D eigenvalue weighted by atomic mass is 10.2. The second-order valence-electron chi connectivity index (χ2n) is 10.9. The highest BCUT2D eigenvalue weighted by atomic mass is 32.2. The van der Waals surface area contributed by atoms with Crippen LogP contribution in [0.4, 0.5) is 11.4 Å². The number of benzene rings is 4. The van der Waals surface area contributed by atoms with Gasteiger partial charge < -0.3 is 19.3 Å². The molecule has 0 radical (unpaired) electrons. The van der Waals surface area contributed by atoms with Gasteiger partial charge in [0.15, 0.2) is 5.82 Å². The third-order valence-corrected chi connectivity index (χ3v) is 10.0. The van der Waals surface area contributed by atoms with E-state index in [-0.39, 0.29) is 18.2 Å². The second-order valence-corrected chi connectivity index (χ2v) is 13.4. The number of nitro benzene ring substituents is 1. The molecule has 2 heterocycles. The number of carboxylic acids is 1. The van der Waals surface area contributed by atoms with Crippen molar-refractivity contribution in [2.45, 2.75) is 19.4 Å². The van der Waals surface area contributed by atoms with E-state index >= 15 is 0 Å². The molecule has 0 saturated heterocycles. The summed E-state index contributed by atoms with van der Waals surface area (Å²) >= 11 is 1.37. The third-order valence-electron chi connectivity index (χ3n) is 7.31. The van der Waals surface area contributed by atoms with Crippen LogP contribution in [0.5, 0.6) is 5.75 Å². The molecule has 0 amide bonds. The summed E-state index contributed by atoms with van der Waals surface area (Å²) in [6.45, 7) is 3.88. The van der Waals surface area contributed by atoms with Gasteiger partial charge >= 0.3 is 11.9 Å². The van der Waals surface area contributed by atoms with Gasteiger partial charge in [0.2, 0.25) is 10.4 Å². The van der Waals surface area contributed by atoms with Crippen molar-refractivity contribution in [3.05, 3.63) is 130 Å². The lowest BCUT2D eigenvalue weighted by Crippen LogP contribution is -2.31. The zero-order chi connectivity index (χ0) is 38.5. The van der Waals surface area contributed by atoms with Crippen LogP contribution >= 0.6 is 11.5 Å². The molecule has 0 saturated carbocycles. The molecular formula is C37H37N7O8S2. The predicted octanol–water partition coefficient (Wildman–Crippen LogP) is 6.06. The Morgan fingerprint density at radius 3 is 2.09 bits per heavy atom. The number of aliphatic carboxylic acids is 1. The number of methoxy groups -OCH3 is 1. The molecular weight excluding hydrogens is 735 g/mol. The van der Waals surface area contributed by atoms with Crippen LogP contribution in [0, 0.1) is 10.1 Å². The quantitative estimate of drug-likeness (QED) is 0.0839. The SMILES string of the molecule is CCOC(=O)CN=c1nc(-c2ccccc2)n(-c2ccc(OC)cc2)s1.CCOC1N=C(c2ccccc2)N(c2ccc([N+](=O)[O-])cc2)S1=NCC(=O)O. The normalized spacial score (nSPS) is 15.3. The summed E-state index contributed by atoms with van der Waals surface area (Å²) in [5, 5.41) is 20.0. The van der Waals surface area contributed by atoms with Crippen molar-refractivity contribution in [1.29, 1.82) is 0 Å². The van der Waals surface area contributed by atoms with E-state index in [0.29, 0.717) is 29.5 Å². The maximum Gasteiger partial charge on any atom is 0.327 e. The molecule has 6 rings (SSSR count). The van der Waals surface area contributed by atoms with Crippen molar-refractivity contribution in [3.8, 4) is 22.8 Å². The molecule has 2 unspecified atom stereocenters. The Kier molecular flexibility index (Phi) is 13.9. The first-order valence-corrected chi connectivity index (χ1v) is 18.6. The molecule has 1 aliphatic heterocycles. The van der Waals surface area contributed by atoms with Crippen molar-refractivity contribution in [3.63, 3.8) is 0 Å². The van der Waals surface area contributed by atoms with Crippen molar-refractivity contribution >= 4 is 51.6 Å². The number of esters is 1. The fourth-order valence-corrected chi connectivity index (χ4v) is 7.58. The molecule has 0 bridgehead atoms. The van der Waals surface area contributed by atoms with Gasteiger partial charge in [0.25, 0.3) is 5.69 Å². The number of aromatic nitrogens is 2. The third kappa shape index (κ3) is 10.1. The van der Waals surface area contributed by atoms with E-state index < -0.39 is 33.9 Å². The summed E-state index contributed by atoms with van der Waals surface area (Å²) in [7, 11) is 0.595. The van der Waals surface area contributed by atoms with E-state index in [2.05, 4.69) is 19.3 Å². The number of non-ortho nitro benzene ring substituents is 1. The summed E-state index contributed by atoms with van der Waals surface area (Å²) in [5.74, 6) is 0.709. The highest BCUT2D eigenvalue weighted by Gasteiger charge is 2.34. The molecule has 0 spiro atoms. The van der Waals surface area contributed by atoms with Gasteiger partial charge in [-0.25, -0.2) is 18.3 Å². The minimum Gasteiger partial charge on any atom is -0.497 e. The first-order valence-electron chi connectivity index (χ1n) is 16.6. The number of ether oxygens (including phenoxy) is 3. The number of carbonyl (C=O) groups excluding carboxylic acids is 1. The van der Waals surface area contributed by atoms with Crippen LogP contribution in [0.2, 0.25) is 0 Å². The summed E-state index contributed by atoms with van der Waals surface area (Å²) < 4.78 is 23.9. The van der Waals surface area contributed by atoms with Gasteiger partial charge in [-0.2, -0.15) is 4.98 Å². The Hall–Kier alpha value is -6.04. The van der Waals surface area contributed by atoms with Crippen molar-refractivity contribution in [1.82, 2.24) is 8.94 Å². The Labute approximate surface area is 317 Å². The molecule has 0 aliphatic carbocycles. The van der Waals surface area contributed by atoms with Gasteiger partial charge in [-0.15, -0.1) is 0 Å². The maximum atomic E-state index is 11.6. The molecule has 15 nitrogen and oxygen atoms in total. The van der Waals surface area contributed by atoms with Crippen LogP contribution in [-0.4, -0.2) is 75.7 Å². The van der Waals surface area contributed by atoms with Gasteiger partial charge in [0, 0.05) is 29.9 Å². The minimum absolute atomic E-state index is 0.0372. The standard InChI is InChI=1S/C19H19N3O3S.C18H18N4O5S/c1-3-25-17(23)13-20-19-21-18(14-7-5-4-6-8-14)22(26-19)15-9-11-16(24-2)12-10-15;1-2-27-18-20-17(13-6-4-3-5-7-13)21(28(18)19-12-16(23)24)14-8-10-15(11-9-14)22(25)26/h4-12H,3,13H2,1-2H3;3-11,18H,2,12H2,1H3,(H,23,24). The fourth-order valence-electron chi connectivity index (χ4n) is 4.93. The van der Waals surface area contributed by atoms with Gasteiger partial charge in [-0.05, 0) is 61.8 Å². The van der Waals surface area contributed by atoms with Crippen LogP contribution in [0.1, 0.15) is 19.4 Å². The molecule has 5 aromatic rings. The summed E-state index contributed by atoms with van der Waals surface area (Å²) in [6.07, 6.45) is 0. The van der Waals surface area contributed by atoms with E-state index in [1.807, 2.05) is 95.8 Å². The number of amidine groups is 1. The molecule has 1 aliphatic rings. The maximum absolute atomic E-state index is 11.6. The van der Waals surface area contributed by atoms with Crippen molar-refractivity contribution in [2.24, 2.45) is 14.3 Å². The zero-order valence-electron chi connectivity index (χ0n) is 29.6. The van der Waals surface area contributed by atoms with Crippen LogP contribution in [0.25, 0.3) is 17.1 Å². The zero-order valence-corrected chi connectivity index (χ0v) is 31.2. The highest BCUT2D eigenvalue weighted by molar-refractivity contribution is 7.90. The number of carbonyl (C=O) groups is 2. The molecule has 4 aromatic carbocycles. The van der Waals surface area contributed by atoms with Crippen LogP contribution in [-0.2, 0) is 29.9 Å². The first-order chi connectivity index (χ1) is 26.2. The van der Waals surface area contributed by atoms with E-state index in [1.165, 1.54) is 23.7 Å². The van der Waals surface area contributed by atoms with E-state index in [0.717, 1.165) is 28.4 Å². The Bertz CT molecular complexity index is 2170. The van der Waals surface area contributed by atoms with Crippen LogP contribution in [0.3, 0.4) is 0 Å². The number of nitrogens with zero attached hydrogens (tertiary/aromatic N) is 7. The number of hydrogen-bond acceptors (Lipinski definition) is 12. The van der Waals surface area contributed by atoms with E-state index in [9.17, 15) is 19.7 Å². The molecule has 280 valence electrons. The molecule has 0 fully saturated rings. The number of aliphatic imine (C=N–C) groups is 1. The summed E-state index contributed by atoms with van der Waals surface area (Å²) in [5.41, 5.74) is 2.65. The monoisotopic (exact) mass is 771 g/mol. The summed E-state index contributed by atoms with van der Waals surface area (Å²) in [6, 6.07) is 32.9. The van der Waals surface area contributed by atoms with Crippen molar-refractivity contribution < 1.29 is 33.8 Å². The average molecular weight is 772 g/mol. The van der Waals surface area contributed by atoms with Gasteiger partial charge in [-0.3, -0.25) is 24.0 Å². The number of rotatable bonds is 13. The highest BCUT2D eigenvalue weighted by Crippen LogP contribution is 2.31. The van der Waals surface area contributed by atoms with Gasteiger partial charge in [-0.1, -0.05) is 60.7 Å². The topological polar surface area (TPSA) is 183 Å². The smallest absolute Gasteiger partial charge is 0.327 e. The number of anilines is 1. The summed E-state index contributed by atoms with van der Waals surface area (Å²) in [4.78, 5) is 47.2. The van der Waals surface area contributed by atoms with Gasteiger partial charge in [0.05, 0.1) is 40.9 Å². The van der Waals surface area contributed by atoms with Crippen LogP contribution in [0.15, 0.2) is 124 Å². The minimum atomic E-state index is -1.06. The predicted molar refractivity (Wildman–Crippen MR) is 207 cm³/mol. The van der Waals surface area contributed by atoms with E-state index in [4.69, 9.17) is 19.3 Å². The molecule has 1 aromatic heterocycles. The Morgan fingerprint density at radius 2 is 1.52 bits per heavy atom. The van der Waals surface area contributed by atoms with Gasteiger partial charge in [0.1, 0.15) is 24.7 Å². The average Bonchev–Trinajstić information content (AvgIpc) is 3.79. The number of nitro groups is 1. The Morgan fingerprint density at radius 1 is 0.889 bits per heavy atom. The Balaban J connectivity index is 0.000000208. The fraction of sp³-hybridized carbons (Fsp3) is 0.216. The lowest BCUT2D eigenvalue weighted by Gasteiger charge is -2.23. The molecule has 1 N–H and O–H groups in total. The first kappa shape index (κ1) is 39.2. The molecule has 54 heavy (non-hydrogen) atoms.